The summed E-state index contributed by atoms with van der Waals surface area (Å²) in [5.41, 5.74) is -1.12. The van der Waals surface area contributed by atoms with E-state index < -0.39 is 22.7 Å². The highest BCUT2D eigenvalue weighted by Crippen LogP contribution is 2.13. The second-order valence-electron chi connectivity index (χ2n) is 2.72. The molecule has 0 aliphatic heterocycles. The van der Waals surface area contributed by atoms with Crippen molar-refractivity contribution in [2.24, 2.45) is 0 Å². The molecule has 1 rings (SSSR count). The lowest BCUT2D eigenvalue weighted by atomic mass is 10.1. The van der Waals surface area contributed by atoms with Crippen LogP contribution in [0.25, 0.3) is 0 Å². The van der Waals surface area contributed by atoms with Crippen molar-refractivity contribution >= 4 is 5.78 Å². The molecule has 5 heteroatoms. The molecule has 0 bridgehead atoms. The fraction of sp³-hybridized carbons (Fsp3) is 0.250. The number of hydrogen-bond donors (Lipinski definition) is 2. The van der Waals surface area contributed by atoms with Crippen LogP contribution < -0.4 is 5.56 Å². The number of aryl methyl sites for hydroxylation is 1. The summed E-state index contributed by atoms with van der Waals surface area (Å²) in [4.78, 5) is 22.1. The van der Waals surface area contributed by atoms with Crippen molar-refractivity contribution in [2.75, 3.05) is 0 Å². The Kier molecular flexibility index (Phi) is 2.10. The zero-order chi connectivity index (χ0) is 10.2. The average Bonchev–Trinajstić information content (AvgIpc) is 1.99. The molecule has 0 amide bonds. The summed E-state index contributed by atoms with van der Waals surface area (Å²) in [6.07, 6.45) is 0. The molecule has 70 valence electrons. The van der Waals surface area contributed by atoms with Gasteiger partial charge in [-0.2, -0.15) is 4.73 Å². The van der Waals surface area contributed by atoms with E-state index in [0.29, 0.717) is 4.73 Å². The summed E-state index contributed by atoms with van der Waals surface area (Å²) < 4.78 is 0.330. The standard InChI is InChI=1S/C8H9NO4/c1-4-3-6(11)7(5(2)10)8(12)9(4)13/h3,11,13H,1-2H3. The van der Waals surface area contributed by atoms with Gasteiger partial charge in [0, 0.05) is 6.07 Å². The molecule has 0 aromatic carbocycles. The summed E-state index contributed by atoms with van der Waals surface area (Å²) in [6.45, 7) is 2.58. The molecule has 0 radical (unpaired) electrons. The number of aromatic nitrogens is 1. The van der Waals surface area contributed by atoms with E-state index in [-0.39, 0.29) is 5.69 Å². The van der Waals surface area contributed by atoms with E-state index in [9.17, 15) is 14.7 Å². The minimum absolute atomic E-state index is 0.174. The predicted molar refractivity (Wildman–Crippen MR) is 44.3 cm³/mol. The zero-order valence-corrected chi connectivity index (χ0v) is 7.24. The molecule has 1 aromatic heterocycles. The smallest absolute Gasteiger partial charge is 0.297 e. The van der Waals surface area contributed by atoms with Crippen molar-refractivity contribution in [3.63, 3.8) is 0 Å². The maximum atomic E-state index is 11.2. The van der Waals surface area contributed by atoms with Gasteiger partial charge in [0.2, 0.25) is 0 Å². The van der Waals surface area contributed by atoms with Crippen molar-refractivity contribution in [1.29, 1.82) is 0 Å². The number of pyridine rings is 1. The molecule has 1 heterocycles. The van der Waals surface area contributed by atoms with Gasteiger partial charge in [0.15, 0.2) is 5.78 Å². The van der Waals surface area contributed by atoms with Crippen LogP contribution in [0.4, 0.5) is 0 Å². The summed E-state index contributed by atoms with van der Waals surface area (Å²) in [7, 11) is 0. The molecule has 0 aliphatic rings. The van der Waals surface area contributed by atoms with E-state index in [1.807, 2.05) is 0 Å². The monoisotopic (exact) mass is 183 g/mol. The second-order valence-corrected chi connectivity index (χ2v) is 2.72. The molecule has 0 aliphatic carbocycles. The van der Waals surface area contributed by atoms with Crippen LogP contribution >= 0.6 is 0 Å². The number of hydrogen-bond acceptors (Lipinski definition) is 4. The zero-order valence-electron chi connectivity index (χ0n) is 7.24. The van der Waals surface area contributed by atoms with Gasteiger partial charge in [0.05, 0.1) is 5.69 Å². The normalized spacial score (nSPS) is 10.0. The van der Waals surface area contributed by atoms with Crippen LogP contribution in [0, 0.1) is 6.92 Å². The Hall–Kier alpha value is -1.78. The van der Waals surface area contributed by atoms with Gasteiger partial charge < -0.3 is 10.3 Å². The quantitative estimate of drug-likeness (QED) is 0.484. The summed E-state index contributed by atoms with van der Waals surface area (Å²) in [6, 6.07) is 1.15. The Morgan fingerprint density at radius 2 is 2.08 bits per heavy atom. The van der Waals surface area contributed by atoms with E-state index in [2.05, 4.69) is 0 Å². The van der Waals surface area contributed by atoms with Gasteiger partial charge in [-0.05, 0) is 13.8 Å². The van der Waals surface area contributed by atoms with Crippen LogP contribution in [0.15, 0.2) is 10.9 Å². The fourth-order valence-corrected chi connectivity index (χ4v) is 1.04. The first-order valence-corrected chi connectivity index (χ1v) is 3.61. The van der Waals surface area contributed by atoms with E-state index >= 15 is 0 Å². The maximum Gasteiger partial charge on any atom is 0.297 e. The van der Waals surface area contributed by atoms with Gasteiger partial charge in [-0.1, -0.05) is 0 Å². The minimum Gasteiger partial charge on any atom is -0.507 e. The summed E-state index contributed by atoms with van der Waals surface area (Å²) >= 11 is 0. The van der Waals surface area contributed by atoms with Crippen LogP contribution in [0.5, 0.6) is 5.75 Å². The van der Waals surface area contributed by atoms with Crippen LogP contribution in [0.2, 0.25) is 0 Å². The molecule has 0 fully saturated rings. The molecular weight excluding hydrogens is 174 g/mol. The molecule has 0 saturated carbocycles. The number of carbonyl (C=O) groups is 1. The van der Waals surface area contributed by atoms with Gasteiger partial charge in [-0.15, -0.1) is 0 Å². The molecule has 5 nitrogen and oxygen atoms in total. The van der Waals surface area contributed by atoms with Crippen LogP contribution in [0.1, 0.15) is 23.0 Å². The lowest BCUT2D eigenvalue weighted by molar-refractivity contribution is 0.1000. The predicted octanol–water partition coefficient (Wildman–Crippen LogP) is 0.302. The third-order valence-corrected chi connectivity index (χ3v) is 1.69. The van der Waals surface area contributed by atoms with Gasteiger partial charge in [-0.3, -0.25) is 9.59 Å². The Balaban J connectivity index is 3.63. The third-order valence-electron chi connectivity index (χ3n) is 1.69. The maximum absolute atomic E-state index is 11.2. The highest BCUT2D eigenvalue weighted by Gasteiger charge is 2.15. The van der Waals surface area contributed by atoms with Crippen molar-refractivity contribution < 1.29 is 15.1 Å². The first kappa shape index (κ1) is 9.31. The van der Waals surface area contributed by atoms with Crippen LogP contribution in [-0.4, -0.2) is 20.8 Å². The highest BCUT2D eigenvalue weighted by atomic mass is 16.5. The molecule has 0 unspecified atom stereocenters. The molecule has 0 spiro atoms. The summed E-state index contributed by atoms with van der Waals surface area (Å²) in [5, 5.41) is 18.3. The number of nitrogens with zero attached hydrogens (tertiary/aromatic N) is 1. The van der Waals surface area contributed by atoms with E-state index in [1.54, 1.807) is 0 Å². The lowest BCUT2D eigenvalue weighted by Crippen LogP contribution is -2.25. The van der Waals surface area contributed by atoms with Crippen molar-refractivity contribution in [3.8, 4) is 5.75 Å². The lowest BCUT2D eigenvalue weighted by Gasteiger charge is -2.04. The molecule has 0 saturated heterocycles. The van der Waals surface area contributed by atoms with Crippen LogP contribution in [0.3, 0.4) is 0 Å². The molecule has 2 N–H and O–H groups in total. The Morgan fingerprint density at radius 1 is 1.54 bits per heavy atom. The number of ketones is 1. The van der Waals surface area contributed by atoms with Gasteiger partial charge >= 0.3 is 0 Å². The Bertz CT molecular complexity index is 419. The number of rotatable bonds is 1. The van der Waals surface area contributed by atoms with E-state index in [1.165, 1.54) is 6.92 Å². The number of carbonyl (C=O) groups excluding carboxylic acids is 1. The number of Topliss-reactive ketones (excluding diaryl/α,β-unsaturated/α-hetero) is 1. The molecule has 0 atom stereocenters. The second kappa shape index (κ2) is 2.93. The van der Waals surface area contributed by atoms with E-state index in [4.69, 9.17) is 5.21 Å². The van der Waals surface area contributed by atoms with Gasteiger partial charge in [-0.25, -0.2) is 0 Å². The van der Waals surface area contributed by atoms with Gasteiger partial charge in [0.25, 0.3) is 5.56 Å². The Morgan fingerprint density at radius 3 is 2.54 bits per heavy atom. The number of aromatic hydroxyl groups is 1. The van der Waals surface area contributed by atoms with Crippen LogP contribution in [-0.2, 0) is 0 Å². The minimum atomic E-state index is -0.898. The SMILES string of the molecule is CC(=O)c1c(O)cc(C)n(O)c1=O. The van der Waals surface area contributed by atoms with Gasteiger partial charge in [0.1, 0.15) is 11.3 Å². The third kappa shape index (κ3) is 1.40. The summed E-state index contributed by atoms with van der Waals surface area (Å²) in [5.74, 6) is -0.981. The largest absolute Gasteiger partial charge is 0.507 e. The van der Waals surface area contributed by atoms with Crippen molar-refractivity contribution in [2.45, 2.75) is 13.8 Å². The molecular formula is C8H9NO4. The fourth-order valence-electron chi connectivity index (χ4n) is 1.04. The molecule has 13 heavy (non-hydrogen) atoms. The first-order valence-electron chi connectivity index (χ1n) is 3.61. The molecule has 1 aromatic rings. The first-order chi connectivity index (χ1) is 5.95. The van der Waals surface area contributed by atoms with Crippen molar-refractivity contribution in [3.05, 3.63) is 27.7 Å². The van der Waals surface area contributed by atoms with E-state index in [0.717, 1.165) is 13.0 Å². The average molecular weight is 183 g/mol. The Labute approximate surface area is 73.8 Å². The highest BCUT2D eigenvalue weighted by molar-refractivity contribution is 5.96. The van der Waals surface area contributed by atoms with Crippen molar-refractivity contribution in [1.82, 2.24) is 4.73 Å². The topological polar surface area (TPSA) is 79.5 Å².